The second kappa shape index (κ2) is 12.3. The molecule has 29 heavy (non-hydrogen) atoms. The van der Waals surface area contributed by atoms with E-state index in [1.54, 1.807) is 7.05 Å². The van der Waals surface area contributed by atoms with Gasteiger partial charge < -0.3 is 20.4 Å². The molecule has 1 fully saturated rings. The minimum absolute atomic E-state index is 0. The zero-order valence-corrected chi connectivity index (χ0v) is 19.1. The summed E-state index contributed by atoms with van der Waals surface area (Å²) in [5.74, 6) is 1.74. The maximum absolute atomic E-state index is 12.1. The SMILES string of the molecule is CN=C(NCC(=O)NCCc1ccccc1)N1CCN(c2ccccn2)CC1.I. The maximum atomic E-state index is 12.1. The van der Waals surface area contributed by atoms with Crippen LogP contribution >= 0.6 is 24.0 Å². The van der Waals surface area contributed by atoms with Crippen molar-refractivity contribution in [2.75, 3.05) is 51.2 Å². The number of carbonyl (C=O) groups is 1. The van der Waals surface area contributed by atoms with E-state index in [-0.39, 0.29) is 36.4 Å². The van der Waals surface area contributed by atoms with E-state index in [0.717, 1.165) is 44.4 Å². The molecule has 2 N–H and O–H groups in total. The number of piperazine rings is 1. The van der Waals surface area contributed by atoms with Crippen molar-refractivity contribution in [3.63, 3.8) is 0 Å². The lowest BCUT2D eigenvalue weighted by atomic mass is 10.1. The first-order valence-electron chi connectivity index (χ1n) is 9.68. The second-order valence-corrected chi connectivity index (χ2v) is 6.65. The molecule has 3 rings (SSSR count). The lowest BCUT2D eigenvalue weighted by molar-refractivity contribution is -0.120. The molecule has 1 saturated heterocycles. The summed E-state index contributed by atoms with van der Waals surface area (Å²) in [7, 11) is 1.75. The van der Waals surface area contributed by atoms with E-state index in [1.165, 1.54) is 5.56 Å². The quantitative estimate of drug-likeness (QED) is 0.354. The van der Waals surface area contributed by atoms with Gasteiger partial charge in [0, 0.05) is 46.0 Å². The van der Waals surface area contributed by atoms with Gasteiger partial charge in [0.25, 0.3) is 0 Å². The predicted octanol–water partition coefficient (Wildman–Crippen LogP) is 1.76. The number of nitrogens with one attached hydrogen (secondary N) is 2. The number of nitrogens with zero attached hydrogens (tertiary/aromatic N) is 4. The lowest BCUT2D eigenvalue weighted by Crippen LogP contribution is -2.53. The summed E-state index contributed by atoms with van der Waals surface area (Å²) in [6.07, 6.45) is 2.65. The Hall–Kier alpha value is -2.36. The van der Waals surface area contributed by atoms with E-state index in [0.29, 0.717) is 6.54 Å². The molecule has 0 radical (unpaired) electrons. The van der Waals surface area contributed by atoms with Gasteiger partial charge in [0.05, 0.1) is 6.54 Å². The number of halogens is 1. The number of guanidine groups is 1. The Bertz CT molecular complexity index is 763. The molecule has 2 aromatic rings. The highest BCUT2D eigenvalue weighted by Gasteiger charge is 2.20. The van der Waals surface area contributed by atoms with Gasteiger partial charge in [0.15, 0.2) is 5.96 Å². The largest absolute Gasteiger partial charge is 0.354 e. The van der Waals surface area contributed by atoms with Crippen molar-refractivity contribution in [3.8, 4) is 0 Å². The number of benzene rings is 1. The number of carbonyl (C=O) groups excluding carboxylic acids is 1. The number of aliphatic imine (C=N–C) groups is 1. The van der Waals surface area contributed by atoms with Crippen molar-refractivity contribution in [2.45, 2.75) is 6.42 Å². The van der Waals surface area contributed by atoms with Crippen LogP contribution in [0.1, 0.15) is 5.56 Å². The average Bonchev–Trinajstić information content (AvgIpc) is 2.76. The molecule has 1 aliphatic rings. The van der Waals surface area contributed by atoms with Crippen molar-refractivity contribution in [2.24, 2.45) is 4.99 Å². The van der Waals surface area contributed by atoms with Gasteiger partial charge in [-0.05, 0) is 24.1 Å². The van der Waals surface area contributed by atoms with Crippen molar-refractivity contribution < 1.29 is 4.79 Å². The molecule has 8 heteroatoms. The Balaban J connectivity index is 0.00000300. The third-order valence-corrected chi connectivity index (χ3v) is 4.75. The predicted molar refractivity (Wildman–Crippen MR) is 128 cm³/mol. The highest BCUT2D eigenvalue weighted by atomic mass is 127. The summed E-state index contributed by atoms with van der Waals surface area (Å²) in [4.78, 5) is 25.3. The molecule has 0 spiro atoms. The van der Waals surface area contributed by atoms with Crippen LogP contribution in [0.4, 0.5) is 5.82 Å². The van der Waals surface area contributed by atoms with Crippen LogP contribution in [0.15, 0.2) is 59.7 Å². The van der Waals surface area contributed by atoms with E-state index < -0.39 is 0 Å². The molecule has 2 heterocycles. The third-order valence-electron chi connectivity index (χ3n) is 4.75. The van der Waals surface area contributed by atoms with Crippen molar-refractivity contribution in [1.82, 2.24) is 20.5 Å². The van der Waals surface area contributed by atoms with Crippen molar-refractivity contribution in [3.05, 3.63) is 60.3 Å². The molecule has 0 aliphatic carbocycles. The number of pyridine rings is 1. The fourth-order valence-corrected chi connectivity index (χ4v) is 3.23. The number of rotatable bonds is 6. The first-order valence-corrected chi connectivity index (χ1v) is 9.68. The van der Waals surface area contributed by atoms with Crippen LogP contribution in [0.5, 0.6) is 0 Å². The minimum atomic E-state index is -0.0239. The Kier molecular flexibility index (Phi) is 9.69. The fraction of sp³-hybridized carbons (Fsp3) is 0.381. The number of aromatic nitrogens is 1. The summed E-state index contributed by atoms with van der Waals surface area (Å²) in [5, 5.41) is 6.12. The van der Waals surface area contributed by atoms with Gasteiger partial charge in [0.2, 0.25) is 5.91 Å². The summed E-state index contributed by atoms with van der Waals surface area (Å²) < 4.78 is 0. The number of anilines is 1. The molecule has 1 aliphatic heterocycles. The van der Waals surface area contributed by atoms with Crippen molar-refractivity contribution >= 4 is 41.7 Å². The van der Waals surface area contributed by atoms with E-state index in [4.69, 9.17) is 0 Å². The maximum Gasteiger partial charge on any atom is 0.239 e. The molecule has 0 bridgehead atoms. The average molecular weight is 508 g/mol. The Morgan fingerprint density at radius 1 is 1.03 bits per heavy atom. The van der Waals surface area contributed by atoms with E-state index >= 15 is 0 Å². The van der Waals surface area contributed by atoms with Gasteiger partial charge in [0.1, 0.15) is 5.82 Å². The van der Waals surface area contributed by atoms with Gasteiger partial charge in [-0.25, -0.2) is 4.98 Å². The molecular weight excluding hydrogens is 479 g/mol. The second-order valence-electron chi connectivity index (χ2n) is 6.65. The van der Waals surface area contributed by atoms with Crippen LogP contribution < -0.4 is 15.5 Å². The molecule has 0 atom stereocenters. The van der Waals surface area contributed by atoms with Crippen LogP contribution in [0, 0.1) is 0 Å². The van der Waals surface area contributed by atoms with Crippen LogP contribution in [0.3, 0.4) is 0 Å². The Morgan fingerprint density at radius 3 is 2.41 bits per heavy atom. The first kappa shape index (κ1) is 22.9. The first-order chi connectivity index (χ1) is 13.8. The van der Waals surface area contributed by atoms with E-state index in [2.05, 4.69) is 42.5 Å². The Labute approximate surface area is 189 Å². The number of hydrogen-bond acceptors (Lipinski definition) is 4. The van der Waals surface area contributed by atoms with E-state index in [1.807, 2.05) is 42.6 Å². The Morgan fingerprint density at radius 2 is 1.76 bits per heavy atom. The van der Waals surface area contributed by atoms with Crippen LogP contribution in [0.2, 0.25) is 0 Å². The zero-order chi connectivity index (χ0) is 19.6. The van der Waals surface area contributed by atoms with Gasteiger partial charge >= 0.3 is 0 Å². The van der Waals surface area contributed by atoms with Crippen LogP contribution in [0.25, 0.3) is 0 Å². The van der Waals surface area contributed by atoms with Crippen LogP contribution in [-0.4, -0.2) is 68.1 Å². The molecule has 1 aromatic heterocycles. The minimum Gasteiger partial charge on any atom is -0.354 e. The molecule has 7 nitrogen and oxygen atoms in total. The van der Waals surface area contributed by atoms with Gasteiger partial charge in [-0.1, -0.05) is 36.4 Å². The topological polar surface area (TPSA) is 72.9 Å². The summed E-state index contributed by atoms with van der Waals surface area (Å²) in [5.41, 5.74) is 1.22. The van der Waals surface area contributed by atoms with E-state index in [9.17, 15) is 4.79 Å². The standard InChI is InChI=1S/C21H28N6O.HI/c1-22-21(25-17-20(28)24-12-10-18-7-3-2-4-8-18)27-15-13-26(14-16-27)19-9-5-6-11-23-19;/h2-9,11H,10,12-17H2,1H3,(H,22,25)(H,24,28);1H. The lowest BCUT2D eigenvalue weighted by Gasteiger charge is -2.37. The third kappa shape index (κ3) is 7.19. The summed E-state index contributed by atoms with van der Waals surface area (Å²) >= 11 is 0. The number of amides is 1. The highest BCUT2D eigenvalue weighted by molar-refractivity contribution is 14.0. The highest BCUT2D eigenvalue weighted by Crippen LogP contribution is 2.12. The summed E-state index contributed by atoms with van der Waals surface area (Å²) in [6, 6.07) is 16.1. The molecule has 0 unspecified atom stereocenters. The van der Waals surface area contributed by atoms with Gasteiger partial charge in [-0.2, -0.15) is 0 Å². The van der Waals surface area contributed by atoms with Crippen LogP contribution in [-0.2, 0) is 11.2 Å². The molecular formula is C21H29IN6O. The fourth-order valence-electron chi connectivity index (χ4n) is 3.23. The van der Waals surface area contributed by atoms with Gasteiger partial charge in [-0.3, -0.25) is 9.79 Å². The molecule has 1 amide bonds. The normalized spacial score (nSPS) is 14.2. The molecule has 1 aromatic carbocycles. The smallest absolute Gasteiger partial charge is 0.239 e. The number of hydrogen-bond donors (Lipinski definition) is 2. The monoisotopic (exact) mass is 508 g/mol. The van der Waals surface area contributed by atoms with Crippen molar-refractivity contribution in [1.29, 1.82) is 0 Å². The molecule has 156 valence electrons. The van der Waals surface area contributed by atoms with Gasteiger partial charge in [-0.15, -0.1) is 24.0 Å². The summed E-state index contributed by atoms with van der Waals surface area (Å²) in [6.45, 7) is 4.29. The molecule has 0 saturated carbocycles. The zero-order valence-electron chi connectivity index (χ0n) is 16.8.